The van der Waals surface area contributed by atoms with Gasteiger partial charge in [-0.2, -0.15) is 0 Å². The predicted molar refractivity (Wildman–Crippen MR) is 93.9 cm³/mol. The van der Waals surface area contributed by atoms with Crippen LogP contribution in [0.15, 0.2) is 24.8 Å². The highest BCUT2D eigenvalue weighted by Crippen LogP contribution is 2.05. The molecule has 26 heavy (non-hydrogen) atoms. The van der Waals surface area contributed by atoms with E-state index in [0.717, 1.165) is 0 Å². The first-order chi connectivity index (χ1) is 12.4. The van der Waals surface area contributed by atoms with Gasteiger partial charge < -0.3 is 30.3 Å². The quantitative estimate of drug-likeness (QED) is 0.261. The Morgan fingerprint density at radius 3 is 1.92 bits per heavy atom. The number of carbonyl (C=O) groups is 1. The van der Waals surface area contributed by atoms with Gasteiger partial charge in [-0.25, -0.2) is 19.9 Å². The van der Waals surface area contributed by atoms with E-state index in [1.54, 1.807) is 4.90 Å². The third kappa shape index (κ3) is 5.89. The first-order valence-corrected chi connectivity index (χ1v) is 7.78. The summed E-state index contributed by atoms with van der Waals surface area (Å²) in [4.78, 5) is 27.9. The number of nitrogens with one attached hydrogen (secondary N) is 1. The van der Waals surface area contributed by atoms with Crippen LogP contribution in [0.2, 0.25) is 5.28 Å². The van der Waals surface area contributed by atoms with Crippen LogP contribution in [-0.2, 0) is 4.79 Å². The van der Waals surface area contributed by atoms with Crippen molar-refractivity contribution in [2.45, 2.75) is 0 Å². The van der Waals surface area contributed by atoms with Crippen LogP contribution in [0.5, 0.6) is 0 Å². The summed E-state index contributed by atoms with van der Waals surface area (Å²) in [7, 11) is -3.10. The maximum Gasteiger partial charge on any atom is 0.491 e. The van der Waals surface area contributed by atoms with Gasteiger partial charge in [0.25, 0.3) is 0 Å². The topological polar surface area (TPSA) is 165 Å². The lowest BCUT2D eigenvalue weighted by Gasteiger charge is -2.26. The fourth-order valence-corrected chi connectivity index (χ4v) is 1.99. The molecule has 0 aliphatic carbocycles. The van der Waals surface area contributed by atoms with Crippen LogP contribution in [0, 0.1) is 0 Å². The van der Waals surface area contributed by atoms with Gasteiger partial charge in [-0.15, -0.1) is 0 Å². The molecule has 1 amide bonds. The van der Waals surface area contributed by atoms with Crippen LogP contribution in [0.25, 0.3) is 0 Å². The fourth-order valence-electron chi connectivity index (χ4n) is 1.89. The zero-order valence-electron chi connectivity index (χ0n) is 13.4. The Morgan fingerprint density at radius 2 is 1.46 bits per heavy atom. The van der Waals surface area contributed by atoms with Gasteiger partial charge in [0, 0.05) is 48.8 Å². The number of hydrogen-bond acceptors (Lipinski definition) is 10. The molecule has 2 aromatic rings. The van der Waals surface area contributed by atoms with Crippen molar-refractivity contribution in [2.75, 3.05) is 24.5 Å². The summed E-state index contributed by atoms with van der Waals surface area (Å²) >= 11 is 5.33. The SMILES string of the molecule is O=C1CN(c2ncc(B(O)O)cn2)CCN1.OB(O)c1cnc(Cl)nc1. The van der Waals surface area contributed by atoms with E-state index in [1.165, 1.54) is 24.8 Å². The zero-order valence-corrected chi connectivity index (χ0v) is 14.2. The summed E-state index contributed by atoms with van der Waals surface area (Å²) in [5.74, 6) is 0.348. The van der Waals surface area contributed by atoms with Crippen LogP contribution >= 0.6 is 11.6 Å². The Balaban J connectivity index is 0.000000209. The number of hydrogen-bond donors (Lipinski definition) is 5. The summed E-state index contributed by atoms with van der Waals surface area (Å²) in [6.07, 6.45) is 5.17. The molecular weight excluding hydrogens is 365 g/mol. The summed E-state index contributed by atoms with van der Waals surface area (Å²) in [6, 6.07) is 0. The van der Waals surface area contributed by atoms with Gasteiger partial charge in [-0.1, -0.05) is 0 Å². The van der Waals surface area contributed by atoms with E-state index in [-0.39, 0.29) is 28.7 Å². The number of nitrogens with zero attached hydrogens (tertiary/aromatic N) is 5. The van der Waals surface area contributed by atoms with Gasteiger partial charge in [0.2, 0.25) is 17.1 Å². The number of aromatic nitrogens is 4. The number of rotatable bonds is 3. The molecule has 0 saturated carbocycles. The highest BCUT2D eigenvalue weighted by atomic mass is 35.5. The first-order valence-electron chi connectivity index (χ1n) is 7.40. The lowest BCUT2D eigenvalue weighted by molar-refractivity contribution is -0.120. The van der Waals surface area contributed by atoms with Crippen molar-refractivity contribution < 1.29 is 24.9 Å². The molecule has 14 heteroatoms. The Labute approximate surface area is 154 Å². The fraction of sp³-hybridized carbons (Fsp3) is 0.250. The van der Waals surface area contributed by atoms with Gasteiger partial charge >= 0.3 is 14.2 Å². The van der Waals surface area contributed by atoms with Crippen molar-refractivity contribution >= 4 is 48.6 Å². The molecule has 0 bridgehead atoms. The van der Waals surface area contributed by atoms with Gasteiger partial charge in [0.05, 0.1) is 6.54 Å². The third-order valence-corrected chi connectivity index (χ3v) is 3.41. The van der Waals surface area contributed by atoms with E-state index in [4.69, 9.17) is 31.7 Å². The number of anilines is 1. The van der Waals surface area contributed by atoms with Crippen molar-refractivity contribution in [3.8, 4) is 0 Å². The number of halogens is 1. The monoisotopic (exact) mass is 380 g/mol. The van der Waals surface area contributed by atoms with E-state index in [9.17, 15) is 4.79 Å². The molecule has 0 unspecified atom stereocenters. The van der Waals surface area contributed by atoms with Gasteiger partial charge in [0.15, 0.2) is 0 Å². The van der Waals surface area contributed by atoms with Crippen molar-refractivity contribution in [2.24, 2.45) is 0 Å². The molecule has 0 spiro atoms. The van der Waals surface area contributed by atoms with E-state index in [2.05, 4.69) is 25.3 Å². The summed E-state index contributed by atoms with van der Waals surface area (Å²) in [6.45, 7) is 1.43. The van der Waals surface area contributed by atoms with Crippen molar-refractivity contribution in [1.29, 1.82) is 0 Å². The highest BCUT2D eigenvalue weighted by Gasteiger charge is 2.19. The first kappa shape index (κ1) is 20.0. The lowest BCUT2D eigenvalue weighted by Crippen LogP contribution is -2.48. The van der Waals surface area contributed by atoms with Crippen LogP contribution < -0.4 is 21.1 Å². The van der Waals surface area contributed by atoms with E-state index in [0.29, 0.717) is 19.0 Å². The molecule has 0 atom stereocenters. The smallest absolute Gasteiger partial charge is 0.423 e. The van der Waals surface area contributed by atoms with Crippen LogP contribution in [0.1, 0.15) is 0 Å². The Morgan fingerprint density at radius 1 is 0.962 bits per heavy atom. The summed E-state index contributed by atoms with van der Waals surface area (Å²) < 4.78 is 0. The molecule has 0 radical (unpaired) electrons. The van der Waals surface area contributed by atoms with Crippen molar-refractivity contribution in [3.63, 3.8) is 0 Å². The molecule has 0 aromatic carbocycles. The molecular formula is C12H15B2ClN6O5. The average Bonchev–Trinajstić information content (AvgIpc) is 2.63. The van der Waals surface area contributed by atoms with Gasteiger partial charge in [0.1, 0.15) is 0 Å². The minimum atomic E-state index is -1.57. The standard InChI is InChI=1S/C8H11BN4O3.C4H4BClN2O2/c14-7-5-13(2-1-10-7)8-11-3-6(4-12-8)9(15)16;6-4-7-1-3(2-8-4)5(9)10/h3-4,15-16H,1-2,5H2,(H,10,14);1-2,9-10H. The average molecular weight is 380 g/mol. The number of piperazine rings is 1. The Hall–Kier alpha value is -2.31. The number of carbonyl (C=O) groups excluding carboxylic acids is 1. The van der Waals surface area contributed by atoms with Gasteiger partial charge in [-0.3, -0.25) is 4.79 Å². The van der Waals surface area contributed by atoms with Crippen LogP contribution in [0.4, 0.5) is 5.95 Å². The van der Waals surface area contributed by atoms with Crippen LogP contribution in [0.3, 0.4) is 0 Å². The van der Waals surface area contributed by atoms with Crippen molar-refractivity contribution in [1.82, 2.24) is 25.3 Å². The second kappa shape index (κ2) is 9.40. The maximum absolute atomic E-state index is 11.1. The molecule has 1 saturated heterocycles. The molecule has 5 N–H and O–H groups in total. The Bertz CT molecular complexity index is 721. The van der Waals surface area contributed by atoms with E-state index in [1.807, 2.05) is 0 Å². The normalized spacial score (nSPS) is 13.4. The molecule has 136 valence electrons. The number of amides is 1. The van der Waals surface area contributed by atoms with Crippen LogP contribution in [-0.4, -0.2) is 79.8 Å². The van der Waals surface area contributed by atoms with Crippen molar-refractivity contribution in [3.05, 3.63) is 30.1 Å². The maximum atomic E-state index is 11.1. The molecule has 3 rings (SSSR count). The molecule has 3 heterocycles. The molecule has 2 aromatic heterocycles. The highest BCUT2D eigenvalue weighted by molar-refractivity contribution is 6.58. The molecule has 1 aliphatic heterocycles. The third-order valence-electron chi connectivity index (χ3n) is 3.22. The summed E-state index contributed by atoms with van der Waals surface area (Å²) in [5.41, 5.74) is 0.453. The molecule has 11 nitrogen and oxygen atoms in total. The second-order valence-electron chi connectivity index (χ2n) is 5.12. The second-order valence-corrected chi connectivity index (χ2v) is 5.46. The van der Waals surface area contributed by atoms with Gasteiger partial charge in [-0.05, 0) is 11.6 Å². The molecule has 1 fully saturated rings. The minimum Gasteiger partial charge on any atom is -0.423 e. The van der Waals surface area contributed by atoms with E-state index < -0.39 is 14.2 Å². The summed E-state index contributed by atoms with van der Waals surface area (Å²) in [5, 5.41) is 37.6. The zero-order chi connectivity index (χ0) is 19.1. The van der Waals surface area contributed by atoms with E-state index >= 15 is 0 Å². The predicted octanol–water partition coefficient (Wildman–Crippen LogP) is -4.10. The Kier molecular flexibility index (Phi) is 7.24. The largest absolute Gasteiger partial charge is 0.491 e. The molecule has 1 aliphatic rings. The lowest BCUT2D eigenvalue weighted by atomic mass is 9.83. The minimum absolute atomic E-state index is 0.0684.